The van der Waals surface area contributed by atoms with Crippen molar-refractivity contribution < 1.29 is 14.3 Å². The first-order chi connectivity index (χ1) is 12.0. The van der Waals surface area contributed by atoms with Gasteiger partial charge in [0.15, 0.2) is 0 Å². The first-order valence-electron chi connectivity index (χ1n) is 8.92. The molecule has 1 atom stereocenters. The van der Waals surface area contributed by atoms with E-state index in [2.05, 4.69) is 29.1 Å². The van der Waals surface area contributed by atoms with Gasteiger partial charge in [0, 0.05) is 56.1 Å². The molecule has 3 rings (SSSR count). The van der Waals surface area contributed by atoms with Crippen molar-refractivity contribution in [3.8, 4) is 0 Å². The summed E-state index contributed by atoms with van der Waals surface area (Å²) >= 11 is 0. The van der Waals surface area contributed by atoms with Crippen LogP contribution in [0.25, 0.3) is 0 Å². The van der Waals surface area contributed by atoms with Gasteiger partial charge >= 0.3 is 0 Å². The third-order valence-corrected chi connectivity index (χ3v) is 5.18. The minimum atomic E-state index is -0.205. The van der Waals surface area contributed by atoms with Gasteiger partial charge in [0.05, 0.1) is 0 Å². The van der Waals surface area contributed by atoms with E-state index in [0.29, 0.717) is 26.3 Å². The Morgan fingerprint density at radius 3 is 2.52 bits per heavy atom. The highest BCUT2D eigenvalue weighted by Crippen LogP contribution is 2.30. The molecule has 2 aliphatic rings. The van der Waals surface area contributed by atoms with Crippen LogP contribution in [0.4, 0.5) is 0 Å². The fourth-order valence-electron chi connectivity index (χ4n) is 3.60. The molecule has 136 valence electrons. The number of hydrogen-bond acceptors (Lipinski definition) is 5. The minimum absolute atomic E-state index is 0.0435. The summed E-state index contributed by atoms with van der Waals surface area (Å²) in [6, 6.07) is 1.75. The zero-order valence-corrected chi connectivity index (χ0v) is 14.9. The average Bonchev–Trinajstić information content (AvgIpc) is 2.64. The summed E-state index contributed by atoms with van der Waals surface area (Å²) in [5.74, 6) is 0.236. The van der Waals surface area contributed by atoms with Gasteiger partial charge in [-0.2, -0.15) is 0 Å². The van der Waals surface area contributed by atoms with Crippen LogP contribution in [0.3, 0.4) is 0 Å². The van der Waals surface area contributed by atoms with E-state index in [4.69, 9.17) is 4.74 Å². The maximum atomic E-state index is 12.6. The van der Waals surface area contributed by atoms with Crippen molar-refractivity contribution in [2.45, 2.75) is 39.2 Å². The summed E-state index contributed by atoms with van der Waals surface area (Å²) in [4.78, 5) is 35.0. The lowest BCUT2D eigenvalue weighted by atomic mass is 9.78. The van der Waals surface area contributed by atoms with E-state index in [0.717, 1.165) is 19.3 Å². The maximum Gasteiger partial charge on any atom is 0.291 e. The Hall–Kier alpha value is -2.02. The lowest BCUT2D eigenvalue weighted by Crippen LogP contribution is -2.57. The topological polar surface area (TPSA) is 84.4 Å². The van der Waals surface area contributed by atoms with E-state index in [1.54, 1.807) is 23.4 Å². The zero-order valence-electron chi connectivity index (χ0n) is 14.9. The van der Waals surface area contributed by atoms with Gasteiger partial charge in [-0.05, 0) is 25.3 Å². The molecule has 1 unspecified atom stereocenters. The lowest BCUT2D eigenvalue weighted by Gasteiger charge is -2.44. The van der Waals surface area contributed by atoms with Crippen molar-refractivity contribution in [2.75, 3.05) is 26.3 Å². The Kier molecular flexibility index (Phi) is 5.32. The molecular formula is C18H26N4O3. The normalized spacial score (nSPS) is 23.9. The molecule has 1 aromatic rings. The van der Waals surface area contributed by atoms with Crippen LogP contribution < -0.4 is 5.32 Å². The van der Waals surface area contributed by atoms with Crippen LogP contribution in [-0.2, 0) is 9.53 Å². The summed E-state index contributed by atoms with van der Waals surface area (Å²) < 4.78 is 5.33. The van der Waals surface area contributed by atoms with Crippen molar-refractivity contribution in [2.24, 2.45) is 11.3 Å². The van der Waals surface area contributed by atoms with E-state index < -0.39 is 0 Å². The minimum Gasteiger partial charge on any atom is -0.381 e. The molecule has 1 N–H and O–H groups in total. The van der Waals surface area contributed by atoms with Crippen molar-refractivity contribution >= 4 is 11.8 Å². The fourth-order valence-corrected chi connectivity index (χ4v) is 3.60. The first-order valence-corrected chi connectivity index (χ1v) is 8.92. The number of aromatic nitrogens is 2. The van der Waals surface area contributed by atoms with Crippen molar-refractivity contribution in [3.63, 3.8) is 0 Å². The monoisotopic (exact) mass is 346 g/mol. The lowest BCUT2D eigenvalue weighted by molar-refractivity contribution is -0.130. The number of likely N-dealkylation sites (tertiary alicyclic amines) is 1. The van der Waals surface area contributed by atoms with Crippen LogP contribution in [-0.4, -0.2) is 59.0 Å². The van der Waals surface area contributed by atoms with Crippen molar-refractivity contribution in [1.82, 2.24) is 20.2 Å². The Morgan fingerprint density at radius 2 is 1.88 bits per heavy atom. The van der Waals surface area contributed by atoms with Gasteiger partial charge in [0.2, 0.25) is 11.7 Å². The Balaban J connectivity index is 1.60. The van der Waals surface area contributed by atoms with E-state index >= 15 is 0 Å². The molecular weight excluding hydrogens is 320 g/mol. The Bertz CT molecular complexity index is 614. The fraction of sp³-hybridized carbons (Fsp3) is 0.667. The van der Waals surface area contributed by atoms with E-state index in [9.17, 15) is 9.59 Å². The standard InChI is InChI=1S/C18H26N4O3/c1-18(2)12-22(17(24)15-19-7-3-8-20-15)9-4-14(18)21-16(23)13-5-10-25-11-6-13/h3,7-8,13-14H,4-6,9-12H2,1-2H3,(H,21,23). The van der Waals surface area contributed by atoms with E-state index in [1.165, 1.54) is 0 Å². The van der Waals surface area contributed by atoms with Gasteiger partial charge in [-0.15, -0.1) is 0 Å². The predicted octanol–water partition coefficient (Wildman–Crippen LogP) is 1.26. The van der Waals surface area contributed by atoms with Gasteiger partial charge < -0.3 is 15.0 Å². The molecule has 0 radical (unpaired) electrons. The number of carbonyl (C=O) groups excluding carboxylic acids is 2. The number of piperidine rings is 1. The third kappa shape index (κ3) is 4.15. The number of nitrogens with zero attached hydrogens (tertiary/aromatic N) is 3. The number of ether oxygens (including phenoxy) is 1. The van der Waals surface area contributed by atoms with E-state index in [-0.39, 0.29) is 35.0 Å². The summed E-state index contributed by atoms with van der Waals surface area (Å²) in [6.07, 6.45) is 5.46. The number of amides is 2. The molecule has 7 heteroatoms. The molecule has 2 aliphatic heterocycles. The first kappa shape index (κ1) is 17.8. The van der Waals surface area contributed by atoms with Gasteiger partial charge in [-0.3, -0.25) is 9.59 Å². The highest BCUT2D eigenvalue weighted by atomic mass is 16.5. The van der Waals surface area contributed by atoms with Gasteiger partial charge in [0.25, 0.3) is 5.91 Å². The van der Waals surface area contributed by atoms with Crippen LogP contribution in [0, 0.1) is 11.3 Å². The number of hydrogen-bond donors (Lipinski definition) is 1. The molecule has 25 heavy (non-hydrogen) atoms. The Morgan fingerprint density at radius 1 is 1.20 bits per heavy atom. The quantitative estimate of drug-likeness (QED) is 0.891. The molecule has 0 saturated carbocycles. The molecule has 1 aromatic heterocycles. The van der Waals surface area contributed by atoms with Gasteiger partial charge in [-0.25, -0.2) is 9.97 Å². The van der Waals surface area contributed by atoms with Crippen LogP contribution in [0.5, 0.6) is 0 Å². The Labute approximate surface area is 148 Å². The zero-order chi connectivity index (χ0) is 17.9. The highest BCUT2D eigenvalue weighted by Gasteiger charge is 2.39. The second-order valence-electron chi connectivity index (χ2n) is 7.52. The summed E-state index contributed by atoms with van der Waals surface area (Å²) in [6.45, 7) is 6.67. The number of rotatable bonds is 3. The van der Waals surface area contributed by atoms with Crippen molar-refractivity contribution in [1.29, 1.82) is 0 Å². The molecule has 0 bridgehead atoms. The molecule has 0 aliphatic carbocycles. The third-order valence-electron chi connectivity index (χ3n) is 5.18. The average molecular weight is 346 g/mol. The van der Waals surface area contributed by atoms with Crippen LogP contribution >= 0.6 is 0 Å². The molecule has 3 heterocycles. The molecule has 0 spiro atoms. The molecule has 2 amide bonds. The predicted molar refractivity (Wildman–Crippen MR) is 91.8 cm³/mol. The number of nitrogens with one attached hydrogen (secondary N) is 1. The van der Waals surface area contributed by atoms with Gasteiger partial charge in [-0.1, -0.05) is 13.8 Å². The van der Waals surface area contributed by atoms with Crippen LogP contribution in [0.2, 0.25) is 0 Å². The van der Waals surface area contributed by atoms with Crippen LogP contribution in [0.1, 0.15) is 43.7 Å². The second-order valence-corrected chi connectivity index (χ2v) is 7.52. The molecule has 2 fully saturated rings. The summed E-state index contributed by atoms with van der Waals surface area (Å²) in [5, 5.41) is 3.21. The summed E-state index contributed by atoms with van der Waals surface area (Å²) in [7, 11) is 0. The largest absolute Gasteiger partial charge is 0.381 e. The summed E-state index contributed by atoms with van der Waals surface area (Å²) in [5.41, 5.74) is -0.205. The van der Waals surface area contributed by atoms with Crippen LogP contribution in [0.15, 0.2) is 18.5 Å². The van der Waals surface area contributed by atoms with Gasteiger partial charge in [0.1, 0.15) is 0 Å². The smallest absolute Gasteiger partial charge is 0.291 e. The molecule has 7 nitrogen and oxygen atoms in total. The van der Waals surface area contributed by atoms with E-state index in [1.807, 2.05) is 0 Å². The molecule has 2 saturated heterocycles. The highest BCUT2D eigenvalue weighted by molar-refractivity contribution is 5.90. The maximum absolute atomic E-state index is 12.6. The van der Waals surface area contributed by atoms with Crippen molar-refractivity contribution in [3.05, 3.63) is 24.3 Å². The SMILES string of the molecule is CC1(C)CN(C(=O)c2ncccn2)CCC1NC(=O)C1CCOCC1. The number of carbonyl (C=O) groups is 2. The molecule has 0 aromatic carbocycles. The second kappa shape index (κ2) is 7.47.